The predicted molar refractivity (Wildman–Crippen MR) is 78.8 cm³/mol. The van der Waals surface area contributed by atoms with Crippen LogP contribution in [0.15, 0.2) is 18.2 Å². The maximum Gasteiger partial charge on any atom is 0.186 e. The van der Waals surface area contributed by atoms with E-state index < -0.39 is 0 Å². The minimum Gasteiger partial charge on any atom is -0.346 e. The molecule has 0 amide bonds. The van der Waals surface area contributed by atoms with E-state index >= 15 is 0 Å². The van der Waals surface area contributed by atoms with E-state index in [-0.39, 0.29) is 0 Å². The molecule has 0 saturated carbocycles. The summed E-state index contributed by atoms with van der Waals surface area (Å²) in [6.45, 7) is 8.73. The summed E-state index contributed by atoms with van der Waals surface area (Å²) in [5.74, 6) is 0.534. The molecule has 0 spiro atoms. The summed E-state index contributed by atoms with van der Waals surface area (Å²) >= 11 is 1.82. The number of rotatable bonds is 2. The Labute approximate surface area is 112 Å². The van der Waals surface area contributed by atoms with E-state index in [9.17, 15) is 0 Å². The zero-order valence-electron chi connectivity index (χ0n) is 10.9. The first-order valence-electron chi connectivity index (χ1n) is 6.61. The number of hydrogen-bond donors (Lipinski definition) is 1. The molecular weight excluding hydrogens is 242 g/mol. The third-order valence-electron chi connectivity index (χ3n) is 3.45. The Kier molecular flexibility index (Phi) is 3.22. The molecule has 3 nitrogen and oxygen atoms in total. The van der Waals surface area contributed by atoms with Crippen LogP contribution in [0.3, 0.4) is 0 Å². The van der Waals surface area contributed by atoms with Gasteiger partial charge in [0, 0.05) is 26.2 Å². The number of fused-ring (bicyclic) bond motifs is 1. The van der Waals surface area contributed by atoms with Gasteiger partial charge in [0.05, 0.1) is 10.2 Å². The van der Waals surface area contributed by atoms with Gasteiger partial charge in [0.2, 0.25) is 0 Å². The lowest BCUT2D eigenvalue weighted by atomic mass is 10.0. The van der Waals surface area contributed by atoms with Crippen LogP contribution >= 0.6 is 11.3 Å². The van der Waals surface area contributed by atoms with Crippen LogP contribution in [0.4, 0.5) is 5.13 Å². The third-order valence-corrected chi connectivity index (χ3v) is 4.53. The van der Waals surface area contributed by atoms with Crippen molar-refractivity contribution in [1.29, 1.82) is 0 Å². The summed E-state index contributed by atoms with van der Waals surface area (Å²) < 4.78 is 1.31. The number of nitrogens with zero attached hydrogens (tertiary/aromatic N) is 2. The monoisotopic (exact) mass is 261 g/mol. The smallest absolute Gasteiger partial charge is 0.186 e. The standard InChI is InChI=1S/C14H19N3S/c1-10(2)11-4-3-5-12-13(11)16-14(18-12)17-8-6-15-7-9-17/h3-5,10,15H,6-9H2,1-2H3. The summed E-state index contributed by atoms with van der Waals surface area (Å²) in [6, 6.07) is 6.54. The number of benzene rings is 1. The molecule has 1 saturated heterocycles. The number of hydrogen-bond acceptors (Lipinski definition) is 4. The largest absolute Gasteiger partial charge is 0.346 e. The highest BCUT2D eigenvalue weighted by molar-refractivity contribution is 7.22. The second kappa shape index (κ2) is 4.86. The Hall–Kier alpha value is -1.13. The van der Waals surface area contributed by atoms with E-state index in [4.69, 9.17) is 4.98 Å². The summed E-state index contributed by atoms with van der Waals surface area (Å²) in [5, 5.41) is 4.56. The molecule has 4 heteroatoms. The van der Waals surface area contributed by atoms with E-state index in [2.05, 4.69) is 42.3 Å². The molecule has 3 rings (SSSR count). The second-order valence-electron chi connectivity index (χ2n) is 5.08. The molecule has 0 bridgehead atoms. The van der Waals surface area contributed by atoms with Crippen LogP contribution in [0.2, 0.25) is 0 Å². The van der Waals surface area contributed by atoms with Gasteiger partial charge in [-0.2, -0.15) is 0 Å². The van der Waals surface area contributed by atoms with Crippen molar-refractivity contribution in [2.45, 2.75) is 19.8 Å². The molecule has 96 valence electrons. The molecule has 1 fully saturated rings. The van der Waals surface area contributed by atoms with Gasteiger partial charge in [0.25, 0.3) is 0 Å². The molecule has 1 aliphatic rings. The van der Waals surface area contributed by atoms with E-state index in [1.54, 1.807) is 0 Å². The van der Waals surface area contributed by atoms with Crippen LogP contribution in [0.1, 0.15) is 25.3 Å². The molecule has 0 radical (unpaired) electrons. The lowest BCUT2D eigenvalue weighted by Crippen LogP contribution is -2.43. The molecule has 0 aliphatic carbocycles. The van der Waals surface area contributed by atoms with Gasteiger partial charge >= 0.3 is 0 Å². The molecule has 1 N–H and O–H groups in total. The van der Waals surface area contributed by atoms with Crippen LogP contribution < -0.4 is 10.2 Å². The van der Waals surface area contributed by atoms with Crippen molar-refractivity contribution in [2.75, 3.05) is 31.1 Å². The topological polar surface area (TPSA) is 28.2 Å². The number of para-hydroxylation sites is 1. The Morgan fingerprint density at radius 2 is 2.06 bits per heavy atom. The number of piperazine rings is 1. The van der Waals surface area contributed by atoms with Crippen molar-refractivity contribution in [2.24, 2.45) is 0 Å². The molecule has 1 aromatic heterocycles. The number of nitrogens with one attached hydrogen (secondary N) is 1. The minimum absolute atomic E-state index is 0.534. The van der Waals surface area contributed by atoms with E-state index in [0.29, 0.717) is 5.92 Å². The Morgan fingerprint density at radius 1 is 1.28 bits per heavy atom. The molecule has 2 heterocycles. The highest BCUT2D eigenvalue weighted by atomic mass is 32.1. The quantitative estimate of drug-likeness (QED) is 0.901. The first-order valence-corrected chi connectivity index (χ1v) is 7.42. The van der Waals surface area contributed by atoms with Gasteiger partial charge in [0.15, 0.2) is 5.13 Å². The van der Waals surface area contributed by atoms with Crippen molar-refractivity contribution < 1.29 is 0 Å². The van der Waals surface area contributed by atoms with Crippen LogP contribution in [0.25, 0.3) is 10.2 Å². The maximum absolute atomic E-state index is 4.87. The average Bonchev–Trinajstić information content (AvgIpc) is 2.83. The first kappa shape index (κ1) is 11.9. The summed E-state index contributed by atoms with van der Waals surface area (Å²) in [5.41, 5.74) is 2.57. The normalized spacial score (nSPS) is 16.7. The third kappa shape index (κ3) is 2.10. The summed E-state index contributed by atoms with van der Waals surface area (Å²) in [6.07, 6.45) is 0. The van der Waals surface area contributed by atoms with Gasteiger partial charge in [-0.05, 0) is 17.5 Å². The number of thiazole rings is 1. The molecular formula is C14H19N3S. The van der Waals surface area contributed by atoms with Crippen LogP contribution in [-0.2, 0) is 0 Å². The minimum atomic E-state index is 0.534. The van der Waals surface area contributed by atoms with Crippen molar-refractivity contribution in [1.82, 2.24) is 10.3 Å². The molecule has 2 aromatic rings. The fourth-order valence-electron chi connectivity index (χ4n) is 2.42. The fourth-order valence-corrected chi connectivity index (χ4v) is 3.47. The van der Waals surface area contributed by atoms with Gasteiger partial charge in [0.1, 0.15) is 0 Å². The van der Waals surface area contributed by atoms with E-state index in [0.717, 1.165) is 26.2 Å². The van der Waals surface area contributed by atoms with Gasteiger partial charge < -0.3 is 10.2 Å². The van der Waals surface area contributed by atoms with Crippen LogP contribution in [0.5, 0.6) is 0 Å². The number of anilines is 1. The molecule has 0 atom stereocenters. The molecule has 1 aliphatic heterocycles. The highest BCUT2D eigenvalue weighted by Gasteiger charge is 2.16. The van der Waals surface area contributed by atoms with E-state index in [1.807, 2.05) is 11.3 Å². The van der Waals surface area contributed by atoms with Crippen LogP contribution in [0, 0.1) is 0 Å². The number of aromatic nitrogens is 1. The summed E-state index contributed by atoms with van der Waals surface area (Å²) in [7, 11) is 0. The first-order chi connectivity index (χ1) is 8.75. The van der Waals surface area contributed by atoms with Crippen LogP contribution in [-0.4, -0.2) is 31.2 Å². The molecule has 18 heavy (non-hydrogen) atoms. The lowest BCUT2D eigenvalue weighted by molar-refractivity contribution is 0.588. The molecule has 0 unspecified atom stereocenters. The SMILES string of the molecule is CC(C)c1cccc2sc(N3CCNCC3)nc12. The highest BCUT2D eigenvalue weighted by Crippen LogP contribution is 2.33. The Morgan fingerprint density at radius 3 is 2.78 bits per heavy atom. The Balaban J connectivity index is 2.02. The Bertz CT molecular complexity index is 541. The van der Waals surface area contributed by atoms with Gasteiger partial charge in [-0.1, -0.05) is 37.3 Å². The second-order valence-corrected chi connectivity index (χ2v) is 6.09. The fraction of sp³-hybridized carbons (Fsp3) is 0.500. The summed E-state index contributed by atoms with van der Waals surface area (Å²) in [4.78, 5) is 7.27. The van der Waals surface area contributed by atoms with Crippen molar-refractivity contribution in [3.05, 3.63) is 23.8 Å². The predicted octanol–water partition coefficient (Wildman–Crippen LogP) is 2.83. The van der Waals surface area contributed by atoms with E-state index in [1.165, 1.54) is 20.9 Å². The van der Waals surface area contributed by atoms with Crippen molar-refractivity contribution in [3.63, 3.8) is 0 Å². The van der Waals surface area contributed by atoms with Crippen molar-refractivity contribution >= 4 is 26.7 Å². The average molecular weight is 261 g/mol. The van der Waals surface area contributed by atoms with Crippen molar-refractivity contribution in [3.8, 4) is 0 Å². The van der Waals surface area contributed by atoms with Gasteiger partial charge in [-0.15, -0.1) is 0 Å². The van der Waals surface area contributed by atoms with Gasteiger partial charge in [-0.3, -0.25) is 0 Å². The zero-order chi connectivity index (χ0) is 12.5. The zero-order valence-corrected chi connectivity index (χ0v) is 11.8. The maximum atomic E-state index is 4.87. The lowest BCUT2D eigenvalue weighted by Gasteiger charge is -2.26. The van der Waals surface area contributed by atoms with Gasteiger partial charge in [-0.25, -0.2) is 4.98 Å². The molecule has 1 aromatic carbocycles.